The number of halogens is 1. The molecule has 0 saturated heterocycles. The van der Waals surface area contributed by atoms with Gasteiger partial charge in [-0.15, -0.1) is 12.4 Å². The van der Waals surface area contributed by atoms with E-state index in [1.54, 1.807) is 0 Å². The van der Waals surface area contributed by atoms with Gasteiger partial charge in [0.2, 0.25) is 5.91 Å². The molecule has 0 aliphatic rings. The minimum absolute atomic E-state index is 0. The van der Waals surface area contributed by atoms with Gasteiger partial charge >= 0.3 is 0 Å². The van der Waals surface area contributed by atoms with Crippen LogP contribution in [0.5, 0.6) is 0 Å². The standard InChI is InChI=1S/C20H26N2O3.ClH/c1-3-24-11-12-25-14-16-5-4-6-18(13-16)22-20(23)19(21)17-9-7-15(2)8-10-17;/h4-10,13,19H,3,11-12,14,21H2,1-2H3,(H,22,23);1H. The van der Waals surface area contributed by atoms with Crippen molar-refractivity contribution in [1.29, 1.82) is 0 Å². The molecule has 0 aliphatic carbocycles. The lowest BCUT2D eigenvalue weighted by atomic mass is 10.1. The van der Waals surface area contributed by atoms with Crippen LogP contribution in [0.15, 0.2) is 48.5 Å². The van der Waals surface area contributed by atoms with Crippen molar-refractivity contribution in [2.24, 2.45) is 5.73 Å². The van der Waals surface area contributed by atoms with Crippen LogP contribution >= 0.6 is 12.4 Å². The van der Waals surface area contributed by atoms with E-state index in [-0.39, 0.29) is 18.3 Å². The van der Waals surface area contributed by atoms with E-state index in [1.165, 1.54) is 0 Å². The molecule has 2 aromatic carbocycles. The largest absolute Gasteiger partial charge is 0.379 e. The van der Waals surface area contributed by atoms with E-state index in [9.17, 15) is 4.79 Å². The topological polar surface area (TPSA) is 73.6 Å². The summed E-state index contributed by atoms with van der Waals surface area (Å²) < 4.78 is 10.8. The molecule has 1 amide bonds. The molecule has 142 valence electrons. The van der Waals surface area contributed by atoms with Crippen LogP contribution in [-0.4, -0.2) is 25.7 Å². The molecular formula is C20H27ClN2O3. The number of nitrogens with two attached hydrogens (primary N) is 1. The zero-order valence-corrected chi connectivity index (χ0v) is 16.1. The van der Waals surface area contributed by atoms with Gasteiger partial charge in [-0.2, -0.15) is 0 Å². The lowest BCUT2D eigenvalue weighted by molar-refractivity contribution is -0.117. The fourth-order valence-electron chi connectivity index (χ4n) is 2.34. The van der Waals surface area contributed by atoms with Crippen LogP contribution in [-0.2, 0) is 20.9 Å². The molecular weight excluding hydrogens is 352 g/mol. The number of nitrogens with one attached hydrogen (secondary N) is 1. The smallest absolute Gasteiger partial charge is 0.245 e. The van der Waals surface area contributed by atoms with E-state index in [1.807, 2.05) is 62.4 Å². The third-order valence-electron chi connectivity index (χ3n) is 3.76. The molecule has 0 aliphatic heterocycles. The van der Waals surface area contributed by atoms with Crippen molar-refractivity contribution in [3.05, 3.63) is 65.2 Å². The highest BCUT2D eigenvalue weighted by molar-refractivity contribution is 5.95. The van der Waals surface area contributed by atoms with Gasteiger partial charge in [0.1, 0.15) is 6.04 Å². The summed E-state index contributed by atoms with van der Waals surface area (Å²) in [5, 5.41) is 2.86. The number of rotatable bonds is 9. The normalized spacial score (nSPS) is 11.5. The third kappa shape index (κ3) is 7.14. The van der Waals surface area contributed by atoms with Crippen LogP contribution in [0.1, 0.15) is 29.7 Å². The summed E-state index contributed by atoms with van der Waals surface area (Å²) in [5.41, 5.74) is 9.66. The first kappa shape index (κ1) is 22.1. The first-order valence-corrected chi connectivity index (χ1v) is 8.47. The second-order valence-electron chi connectivity index (χ2n) is 5.83. The quantitative estimate of drug-likeness (QED) is 0.654. The Labute approximate surface area is 161 Å². The molecule has 1 unspecified atom stereocenters. The minimum Gasteiger partial charge on any atom is -0.379 e. The van der Waals surface area contributed by atoms with Crippen LogP contribution in [0.3, 0.4) is 0 Å². The maximum atomic E-state index is 12.4. The van der Waals surface area contributed by atoms with Gasteiger partial charge in [-0.3, -0.25) is 4.79 Å². The summed E-state index contributed by atoms with van der Waals surface area (Å²) in [7, 11) is 0. The summed E-state index contributed by atoms with van der Waals surface area (Å²) in [6.45, 7) is 6.23. The van der Waals surface area contributed by atoms with Crippen molar-refractivity contribution in [2.45, 2.75) is 26.5 Å². The zero-order valence-electron chi connectivity index (χ0n) is 15.2. The molecule has 0 heterocycles. The highest BCUT2D eigenvalue weighted by Gasteiger charge is 2.15. The summed E-state index contributed by atoms with van der Waals surface area (Å²) in [6.07, 6.45) is 0. The van der Waals surface area contributed by atoms with E-state index in [0.29, 0.717) is 32.1 Å². The van der Waals surface area contributed by atoms with Crippen molar-refractivity contribution in [2.75, 3.05) is 25.1 Å². The van der Waals surface area contributed by atoms with Crippen molar-refractivity contribution in [1.82, 2.24) is 0 Å². The number of aryl methyl sites for hydroxylation is 1. The van der Waals surface area contributed by atoms with Gasteiger partial charge in [-0.1, -0.05) is 42.0 Å². The van der Waals surface area contributed by atoms with Crippen molar-refractivity contribution in [3.63, 3.8) is 0 Å². The summed E-state index contributed by atoms with van der Waals surface area (Å²) in [6, 6.07) is 14.5. The highest BCUT2D eigenvalue weighted by atomic mass is 35.5. The van der Waals surface area contributed by atoms with E-state index < -0.39 is 6.04 Å². The Morgan fingerprint density at radius 1 is 1.12 bits per heavy atom. The average Bonchev–Trinajstić information content (AvgIpc) is 2.62. The van der Waals surface area contributed by atoms with Crippen LogP contribution in [0.2, 0.25) is 0 Å². The molecule has 2 rings (SSSR count). The molecule has 0 aromatic heterocycles. The fourth-order valence-corrected chi connectivity index (χ4v) is 2.34. The van der Waals surface area contributed by atoms with Crippen molar-refractivity contribution < 1.29 is 14.3 Å². The van der Waals surface area contributed by atoms with Gasteiger partial charge in [-0.05, 0) is 37.1 Å². The summed E-state index contributed by atoms with van der Waals surface area (Å²) in [4.78, 5) is 12.4. The van der Waals surface area contributed by atoms with Gasteiger partial charge in [0.15, 0.2) is 0 Å². The van der Waals surface area contributed by atoms with Crippen LogP contribution in [0.4, 0.5) is 5.69 Å². The molecule has 0 fully saturated rings. The second kappa shape index (κ2) is 11.6. The molecule has 0 spiro atoms. The van der Waals surface area contributed by atoms with E-state index in [2.05, 4.69) is 5.32 Å². The van der Waals surface area contributed by atoms with E-state index in [0.717, 1.165) is 16.7 Å². The predicted molar refractivity (Wildman–Crippen MR) is 107 cm³/mol. The van der Waals surface area contributed by atoms with Crippen molar-refractivity contribution >= 4 is 24.0 Å². The van der Waals surface area contributed by atoms with Crippen LogP contribution < -0.4 is 11.1 Å². The Bertz CT molecular complexity index is 677. The molecule has 5 nitrogen and oxygen atoms in total. The predicted octanol–water partition coefficient (Wildman–Crippen LogP) is 3.61. The SMILES string of the molecule is CCOCCOCc1cccc(NC(=O)C(N)c2ccc(C)cc2)c1.Cl. The molecule has 0 bridgehead atoms. The number of hydrogen-bond donors (Lipinski definition) is 2. The van der Waals surface area contributed by atoms with Crippen LogP contribution in [0.25, 0.3) is 0 Å². The van der Waals surface area contributed by atoms with Gasteiger partial charge in [-0.25, -0.2) is 0 Å². The number of carbonyl (C=O) groups is 1. The Hall–Kier alpha value is -1.92. The fraction of sp³-hybridized carbons (Fsp3) is 0.350. The molecule has 2 aromatic rings. The highest BCUT2D eigenvalue weighted by Crippen LogP contribution is 2.16. The van der Waals surface area contributed by atoms with Gasteiger partial charge < -0.3 is 20.5 Å². The Morgan fingerprint density at radius 3 is 2.50 bits per heavy atom. The van der Waals surface area contributed by atoms with Gasteiger partial charge in [0, 0.05) is 12.3 Å². The van der Waals surface area contributed by atoms with Crippen LogP contribution in [0, 0.1) is 6.92 Å². The molecule has 26 heavy (non-hydrogen) atoms. The van der Waals surface area contributed by atoms with E-state index >= 15 is 0 Å². The van der Waals surface area contributed by atoms with Gasteiger partial charge in [0.25, 0.3) is 0 Å². The molecule has 1 atom stereocenters. The number of carbonyl (C=O) groups excluding carboxylic acids is 1. The molecule has 6 heteroatoms. The zero-order chi connectivity index (χ0) is 18.1. The number of hydrogen-bond acceptors (Lipinski definition) is 4. The lowest BCUT2D eigenvalue weighted by Gasteiger charge is -2.13. The van der Waals surface area contributed by atoms with E-state index in [4.69, 9.17) is 15.2 Å². The third-order valence-corrected chi connectivity index (χ3v) is 3.76. The Morgan fingerprint density at radius 2 is 1.81 bits per heavy atom. The maximum Gasteiger partial charge on any atom is 0.245 e. The Kier molecular flexibility index (Phi) is 9.91. The maximum absolute atomic E-state index is 12.4. The summed E-state index contributed by atoms with van der Waals surface area (Å²) >= 11 is 0. The average molecular weight is 379 g/mol. The second-order valence-corrected chi connectivity index (χ2v) is 5.83. The number of benzene rings is 2. The monoisotopic (exact) mass is 378 g/mol. The first-order valence-electron chi connectivity index (χ1n) is 8.47. The number of ether oxygens (including phenoxy) is 2. The Balaban J connectivity index is 0.00000338. The molecule has 0 saturated carbocycles. The number of anilines is 1. The lowest BCUT2D eigenvalue weighted by Crippen LogP contribution is -2.27. The van der Waals surface area contributed by atoms with Crippen molar-refractivity contribution in [3.8, 4) is 0 Å². The number of amides is 1. The molecule has 0 radical (unpaired) electrons. The summed E-state index contributed by atoms with van der Waals surface area (Å²) in [5.74, 6) is -0.238. The minimum atomic E-state index is -0.702. The first-order chi connectivity index (χ1) is 12.1. The molecule has 3 N–H and O–H groups in total. The van der Waals surface area contributed by atoms with Gasteiger partial charge in [0.05, 0.1) is 19.8 Å².